The van der Waals surface area contributed by atoms with Crippen LogP contribution in [0, 0.1) is 6.92 Å². The first-order valence-corrected chi connectivity index (χ1v) is 11.3. The molecule has 1 aliphatic carbocycles. The Balaban J connectivity index is 1.72. The Morgan fingerprint density at radius 3 is 2.60 bits per heavy atom. The second kappa shape index (κ2) is 10.6. The molecule has 2 aromatic carbocycles. The summed E-state index contributed by atoms with van der Waals surface area (Å²) < 4.78 is 6.71. The van der Waals surface area contributed by atoms with E-state index in [0.29, 0.717) is 12.3 Å². The van der Waals surface area contributed by atoms with Gasteiger partial charge in [0.05, 0.1) is 0 Å². The van der Waals surface area contributed by atoms with Crippen LogP contribution in [0.15, 0.2) is 53.0 Å². The van der Waals surface area contributed by atoms with Crippen molar-refractivity contribution in [2.24, 2.45) is 0 Å². The zero-order chi connectivity index (χ0) is 21.5. The molecular formula is C24H29BrN2O3. The van der Waals surface area contributed by atoms with Crippen LogP contribution in [-0.2, 0) is 16.1 Å². The second-order valence-electron chi connectivity index (χ2n) is 7.87. The smallest absolute Gasteiger partial charge is 0.261 e. The van der Waals surface area contributed by atoms with Crippen molar-refractivity contribution >= 4 is 27.7 Å². The summed E-state index contributed by atoms with van der Waals surface area (Å²) in [6.07, 6.45) is 4.30. The predicted molar refractivity (Wildman–Crippen MR) is 121 cm³/mol. The molecule has 1 saturated carbocycles. The average Bonchev–Trinajstić information content (AvgIpc) is 3.24. The molecule has 0 heterocycles. The molecule has 0 aliphatic heterocycles. The summed E-state index contributed by atoms with van der Waals surface area (Å²) in [4.78, 5) is 27.6. The van der Waals surface area contributed by atoms with Gasteiger partial charge in [0.1, 0.15) is 11.8 Å². The zero-order valence-electron chi connectivity index (χ0n) is 17.6. The number of aryl methyl sites for hydroxylation is 1. The van der Waals surface area contributed by atoms with E-state index in [1.807, 2.05) is 55.5 Å². The Kier molecular flexibility index (Phi) is 7.91. The number of hydrogen-bond donors (Lipinski definition) is 1. The van der Waals surface area contributed by atoms with Gasteiger partial charge in [-0.25, -0.2) is 0 Å². The van der Waals surface area contributed by atoms with Crippen LogP contribution < -0.4 is 10.1 Å². The maximum absolute atomic E-state index is 13.1. The van der Waals surface area contributed by atoms with Crippen molar-refractivity contribution in [1.82, 2.24) is 10.2 Å². The fourth-order valence-electron chi connectivity index (χ4n) is 3.75. The lowest BCUT2D eigenvalue weighted by Gasteiger charge is -2.29. The van der Waals surface area contributed by atoms with Gasteiger partial charge in [0.25, 0.3) is 5.91 Å². The number of rotatable bonds is 8. The van der Waals surface area contributed by atoms with E-state index in [0.717, 1.165) is 41.3 Å². The SMILES string of the molecule is Cc1ccccc1OCC(=O)N(Cc1cccc(Br)c1)C(C)C(=O)NC1CCCC1. The highest BCUT2D eigenvalue weighted by Crippen LogP contribution is 2.20. The second-order valence-corrected chi connectivity index (χ2v) is 8.79. The highest BCUT2D eigenvalue weighted by molar-refractivity contribution is 9.10. The van der Waals surface area contributed by atoms with Crippen LogP contribution in [0.4, 0.5) is 0 Å². The third-order valence-corrected chi connectivity index (χ3v) is 6.05. The molecule has 0 radical (unpaired) electrons. The van der Waals surface area contributed by atoms with Crippen LogP contribution in [0.3, 0.4) is 0 Å². The van der Waals surface area contributed by atoms with Gasteiger partial charge in [-0.2, -0.15) is 0 Å². The number of halogens is 1. The van der Waals surface area contributed by atoms with Gasteiger partial charge in [0.2, 0.25) is 5.91 Å². The maximum atomic E-state index is 13.1. The molecule has 0 saturated heterocycles. The van der Waals surface area contributed by atoms with Gasteiger partial charge < -0.3 is 15.0 Å². The Morgan fingerprint density at radius 2 is 1.90 bits per heavy atom. The molecule has 160 valence electrons. The number of carbonyl (C=O) groups excluding carboxylic acids is 2. The fraction of sp³-hybridized carbons (Fsp3) is 0.417. The number of nitrogens with one attached hydrogen (secondary N) is 1. The Hall–Kier alpha value is -2.34. The van der Waals surface area contributed by atoms with E-state index >= 15 is 0 Å². The molecule has 30 heavy (non-hydrogen) atoms. The van der Waals surface area contributed by atoms with Crippen molar-refractivity contribution in [2.45, 2.75) is 58.2 Å². The summed E-state index contributed by atoms with van der Waals surface area (Å²) >= 11 is 3.48. The Morgan fingerprint density at radius 1 is 1.17 bits per heavy atom. The van der Waals surface area contributed by atoms with Crippen LogP contribution >= 0.6 is 15.9 Å². The van der Waals surface area contributed by atoms with E-state index < -0.39 is 6.04 Å². The third-order valence-electron chi connectivity index (χ3n) is 5.56. The molecule has 1 atom stereocenters. The number of benzene rings is 2. The Labute approximate surface area is 186 Å². The van der Waals surface area contributed by atoms with Crippen molar-refractivity contribution in [3.05, 3.63) is 64.1 Å². The number of amides is 2. The minimum Gasteiger partial charge on any atom is -0.484 e. The molecule has 2 amide bonds. The molecule has 1 aliphatic rings. The molecule has 6 heteroatoms. The molecule has 3 rings (SSSR count). The van der Waals surface area contributed by atoms with E-state index in [1.54, 1.807) is 11.8 Å². The first-order valence-electron chi connectivity index (χ1n) is 10.5. The standard InChI is InChI=1S/C24H29BrN2O3/c1-17-8-3-6-13-22(17)30-16-23(28)27(15-19-9-7-10-20(25)14-19)18(2)24(29)26-21-11-4-5-12-21/h3,6-10,13-14,18,21H,4-5,11-12,15-16H2,1-2H3,(H,26,29). The molecule has 0 bridgehead atoms. The summed E-state index contributed by atoms with van der Waals surface area (Å²) in [5.74, 6) is 0.352. The number of ether oxygens (including phenoxy) is 1. The molecule has 1 N–H and O–H groups in total. The molecule has 0 spiro atoms. The largest absolute Gasteiger partial charge is 0.484 e. The molecular weight excluding hydrogens is 444 g/mol. The first-order chi connectivity index (χ1) is 14.4. The molecule has 2 aromatic rings. The number of nitrogens with zero attached hydrogens (tertiary/aromatic N) is 1. The highest BCUT2D eigenvalue weighted by Gasteiger charge is 2.28. The van der Waals surface area contributed by atoms with E-state index in [9.17, 15) is 9.59 Å². The van der Waals surface area contributed by atoms with Gasteiger partial charge in [0, 0.05) is 17.1 Å². The van der Waals surface area contributed by atoms with Gasteiger partial charge in [0.15, 0.2) is 6.61 Å². The number of hydrogen-bond acceptors (Lipinski definition) is 3. The minimum absolute atomic E-state index is 0.110. The minimum atomic E-state index is -0.586. The van der Waals surface area contributed by atoms with Crippen molar-refractivity contribution in [3.8, 4) is 5.75 Å². The topological polar surface area (TPSA) is 58.6 Å². The van der Waals surface area contributed by atoms with Crippen LogP contribution in [-0.4, -0.2) is 35.4 Å². The summed E-state index contributed by atoms with van der Waals surface area (Å²) in [6.45, 7) is 3.96. The van der Waals surface area contributed by atoms with Gasteiger partial charge in [-0.05, 0) is 56.0 Å². The zero-order valence-corrected chi connectivity index (χ0v) is 19.2. The predicted octanol–water partition coefficient (Wildman–Crippen LogP) is 4.61. The van der Waals surface area contributed by atoms with Crippen molar-refractivity contribution < 1.29 is 14.3 Å². The van der Waals surface area contributed by atoms with E-state index in [2.05, 4.69) is 21.2 Å². The van der Waals surface area contributed by atoms with Crippen molar-refractivity contribution in [3.63, 3.8) is 0 Å². The van der Waals surface area contributed by atoms with Crippen molar-refractivity contribution in [2.75, 3.05) is 6.61 Å². The lowest BCUT2D eigenvalue weighted by molar-refractivity contribution is -0.142. The quantitative estimate of drug-likeness (QED) is 0.609. The summed E-state index contributed by atoms with van der Waals surface area (Å²) in [6, 6.07) is 15.0. The lowest BCUT2D eigenvalue weighted by atomic mass is 10.1. The van der Waals surface area contributed by atoms with Crippen LogP contribution in [0.5, 0.6) is 5.75 Å². The Bertz CT molecular complexity index is 880. The van der Waals surface area contributed by atoms with E-state index in [1.165, 1.54) is 0 Å². The number of para-hydroxylation sites is 1. The van der Waals surface area contributed by atoms with Gasteiger partial charge in [-0.15, -0.1) is 0 Å². The average molecular weight is 473 g/mol. The highest BCUT2D eigenvalue weighted by atomic mass is 79.9. The van der Waals surface area contributed by atoms with Crippen LogP contribution in [0.1, 0.15) is 43.7 Å². The first kappa shape index (κ1) is 22.3. The van der Waals surface area contributed by atoms with Gasteiger partial charge in [-0.1, -0.05) is 59.1 Å². The third kappa shape index (κ3) is 6.08. The summed E-state index contributed by atoms with van der Waals surface area (Å²) in [5, 5.41) is 3.11. The summed E-state index contributed by atoms with van der Waals surface area (Å²) in [5.41, 5.74) is 1.92. The molecule has 0 aromatic heterocycles. The van der Waals surface area contributed by atoms with Gasteiger partial charge >= 0.3 is 0 Å². The van der Waals surface area contributed by atoms with Gasteiger partial charge in [-0.3, -0.25) is 9.59 Å². The molecule has 1 unspecified atom stereocenters. The van der Waals surface area contributed by atoms with E-state index in [4.69, 9.17) is 4.74 Å². The molecule has 5 nitrogen and oxygen atoms in total. The fourth-order valence-corrected chi connectivity index (χ4v) is 4.19. The summed E-state index contributed by atoms with van der Waals surface area (Å²) in [7, 11) is 0. The molecule has 1 fully saturated rings. The monoisotopic (exact) mass is 472 g/mol. The number of carbonyl (C=O) groups is 2. The van der Waals surface area contributed by atoms with E-state index in [-0.39, 0.29) is 24.5 Å². The van der Waals surface area contributed by atoms with Crippen molar-refractivity contribution in [1.29, 1.82) is 0 Å². The van der Waals surface area contributed by atoms with Crippen LogP contribution in [0.25, 0.3) is 0 Å². The normalized spacial score (nSPS) is 14.9. The maximum Gasteiger partial charge on any atom is 0.261 e. The van der Waals surface area contributed by atoms with Crippen LogP contribution in [0.2, 0.25) is 0 Å². The lowest BCUT2D eigenvalue weighted by Crippen LogP contribution is -2.50.